The molecule has 1 heteroatoms. The average Bonchev–Trinajstić information content (AvgIpc) is 2.85. The van der Waals surface area contributed by atoms with Gasteiger partial charge in [-0.25, -0.2) is 0 Å². The van der Waals surface area contributed by atoms with Gasteiger partial charge in [-0.15, -0.1) is 0 Å². The summed E-state index contributed by atoms with van der Waals surface area (Å²) in [7, 11) is 0. The van der Waals surface area contributed by atoms with Crippen LogP contribution in [-0.4, -0.2) is 13.2 Å². The van der Waals surface area contributed by atoms with Gasteiger partial charge in [0.25, 0.3) is 0 Å². The zero-order valence-corrected chi connectivity index (χ0v) is 24.3. The van der Waals surface area contributed by atoms with Crippen molar-refractivity contribution in [3.05, 3.63) is 0 Å². The summed E-state index contributed by atoms with van der Waals surface area (Å²) in [5.74, 6) is 0. The van der Waals surface area contributed by atoms with Gasteiger partial charge in [-0.05, 0) is 12.8 Å². The third-order valence-electron chi connectivity index (χ3n) is 7.53. The van der Waals surface area contributed by atoms with E-state index in [0.29, 0.717) is 0 Å². The van der Waals surface area contributed by atoms with Crippen LogP contribution in [0.15, 0.2) is 0 Å². The Balaban J connectivity index is 2.99. The Kier molecular flexibility index (Phi) is 32.9. The molecular formula is C33H68O. The summed E-state index contributed by atoms with van der Waals surface area (Å²) in [6, 6.07) is 0. The van der Waals surface area contributed by atoms with Crippen LogP contribution in [0.4, 0.5) is 0 Å². The fourth-order valence-corrected chi connectivity index (χ4v) is 5.08. The van der Waals surface area contributed by atoms with Crippen LogP contribution in [0.2, 0.25) is 0 Å². The monoisotopic (exact) mass is 481 g/mol. The first kappa shape index (κ1) is 34.0. The van der Waals surface area contributed by atoms with Crippen LogP contribution >= 0.6 is 0 Å². The van der Waals surface area contributed by atoms with Gasteiger partial charge in [0.05, 0.1) is 0 Å². The van der Waals surface area contributed by atoms with Gasteiger partial charge in [-0.3, -0.25) is 0 Å². The largest absolute Gasteiger partial charge is 0.381 e. The van der Waals surface area contributed by atoms with Crippen molar-refractivity contribution < 1.29 is 4.74 Å². The predicted octanol–water partition coefficient (Wildman–Crippen LogP) is 12.4. The molecule has 0 aromatic carbocycles. The summed E-state index contributed by atoms with van der Waals surface area (Å²) in [6.07, 6.45) is 41.6. The van der Waals surface area contributed by atoms with Crippen molar-refractivity contribution in [2.24, 2.45) is 0 Å². The third-order valence-corrected chi connectivity index (χ3v) is 7.53. The van der Waals surface area contributed by atoms with Gasteiger partial charge in [0.15, 0.2) is 0 Å². The smallest absolute Gasteiger partial charge is 0.0466 e. The maximum atomic E-state index is 5.83. The highest BCUT2D eigenvalue weighted by Crippen LogP contribution is 2.15. The first-order chi connectivity index (χ1) is 16.9. The van der Waals surface area contributed by atoms with Crippen LogP contribution in [0.3, 0.4) is 0 Å². The summed E-state index contributed by atoms with van der Waals surface area (Å²) in [4.78, 5) is 0. The van der Waals surface area contributed by atoms with Crippen LogP contribution < -0.4 is 0 Å². The quantitative estimate of drug-likeness (QED) is 0.0896. The van der Waals surface area contributed by atoms with E-state index in [-0.39, 0.29) is 0 Å². The minimum absolute atomic E-state index is 0.995. The van der Waals surface area contributed by atoms with E-state index in [1.807, 2.05) is 0 Å². The van der Waals surface area contributed by atoms with Gasteiger partial charge >= 0.3 is 0 Å². The molecule has 0 aromatic rings. The predicted molar refractivity (Wildman–Crippen MR) is 156 cm³/mol. The molecule has 0 fully saturated rings. The number of rotatable bonds is 31. The Hall–Kier alpha value is -0.0400. The summed E-state index contributed by atoms with van der Waals surface area (Å²) in [5.41, 5.74) is 0. The van der Waals surface area contributed by atoms with E-state index in [4.69, 9.17) is 4.74 Å². The van der Waals surface area contributed by atoms with Crippen LogP contribution in [0.5, 0.6) is 0 Å². The Bertz CT molecular complexity index is 295. The molecule has 1 nitrogen and oxygen atoms in total. The molecule has 0 aliphatic heterocycles. The molecule has 34 heavy (non-hydrogen) atoms. The molecule has 0 N–H and O–H groups in total. The maximum Gasteiger partial charge on any atom is 0.0466 e. The van der Waals surface area contributed by atoms with Gasteiger partial charge in [-0.2, -0.15) is 0 Å². The lowest BCUT2D eigenvalue weighted by Gasteiger charge is -2.05. The van der Waals surface area contributed by atoms with Crippen LogP contribution in [0.25, 0.3) is 0 Å². The normalized spacial score (nSPS) is 11.5. The Morgan fingerprint density at radius 1 is 0.235 bits per heavy atom. The SMILES string of the molecule is CCCCCCCCCCCCCCCCCCCCCCOCCCCCCCCCCC. The van der Waals surface area contributed by atoms with Crippen LogP contribution in [0.1, 0.15) is 200 Å². The molecule has 0 bridgehead atoms. The highest BCUT2D eigenvalue weighted by Gasteiger charge is 1.96. The number of unbranched alkanes of at least 4 members (excludes halogenated alkanes) is 27. The highest BCUT2D eigenvalue weighted by molar-refractivity contribution is 4.51. The van der Waals surface area contributed by atoms with Crippen LogP contribution in [-0.2, 0) is 4.74 Å². The number of hydrogen-bond donors (Lipinski definition) is 0. The molecule has 0 saturated carbocycles. The van der Waals surface area contributed by atoms with Crippen molar-refractivity contribution in [3.63, 3.8) is 0 Å². The summed E-state index contributed by atoms with van der Waals surface area (Å²) < 4.78 is 5.83. The Labute approximate surface area is 218 Å². The first-order valence-corrected chi connectivity index (χ1v) is 16.5. The van der Waals surface area contributed by atoms with E-state index >= 15 is 0 Å². The fraction of sp³-hybridized carbons (Fsp3) is 1.00. The molecule has 0 heterocycles. The second kappa shape index (κ2) is 33.0. The minimum atomic E-state index is 0.995. The Morgan fingerprint density at radius 2 is 0.412 bits per heavy atom. The lowest BCUT2D eigenvalue weighted by atomic mass is 10.0. The highest BCUT2D eigenvalue weighted by atomic mass is 16.5. The fourth-order valence-electron chi connectivity index (χ4n) is 5.08. The van der Waals surface area contributed by atoms with E-state index in [0.717, 1.165) is 13.2 Å². The van der Waals surface area contributed by atoms with Gasteiger partial charge in [-0.1, -0.05) is 187 Å². The van der Waals surface area contributed by atoms with E-state index < -0.39 is 0 Å². The molecule has 0 rings (SSSR count). The molecule has 0 amide bonds. The molecular weight excluding hydrogens is 412 g/mol. The zero-order valence-electron chi connectivity index (χ0n) is 24.3. The van der Waals surface area contributed by atoms with Crippen molar-refractivity contribution in [3.8, 4) is 0 Å². The van der Waals surface area contributed by atoms with Gasteiger partial charge in [0, 0.05) is 13.2 Å². The van der Waals surface area contributed by atoms with Crippen molar-refractivity contribution in [2.75, 3.05) is 13.2 Å². The number of hydrogen-bond acceptors (Lipinski definition) is 1. The molecule has 0 unspecified atom stereocenters. The van der Waals surface area contributed by atoms with Crippen molar-refractivity contribution in [2.45, 2.75) is 200 Å². The maximum absolute atomic E-state index is 5.83. The molecule has 206 valence electrons. The summed E-state index contributed by atoms with van der Waals surface area (Å²) >= 11 is 0. The topological polar surface area (TPSA) is 9.23 Å². The lowest BCUT2D eigenvalue weighted by Crippen LogP contribution is -1.97. The molecule has 0 spiro atoms. The lowest BCUT2D eigenvalue weighted by molar-refractivity contribution is 0.125. The van der Waals surface area contributed by atoms with Crippen molar-refractivity contribution in [1.29, 1.82) is 0 Å². The molecule has 0 aliphatic rings. The molecule has 0 aromatic heterocycles. The van der Waals surface area contributed by atoms with Gasteiger partial charge < -0.3 is 4.74 Å². The van der Waals surface area contributed by atoms with E-state index in [9.17, 15) is 0 Å². The zero-order chi connectivity index (χ0) is 24.6. The van der Waals surface area contributed by atoms with E-state index in [1.165, 1.54) is 186 Å². The summed E-state index contributed by atoms with van der Waals surface area (Å²) in [6.45, 7) is 6.59. The summed E-state index contributed by atoms with van der Waals surface area (Å²) in [5, 5.41) is 0. The number of ether oxygens (including phenoxy) is 1. The standard InChI is InChI=1S/C33H68O/c1-3-5-7-9-11-13-14-15-16-17-18-19-20-21-22-23-25-27-29-31-33-34-32-30-28-26-24-12-10-8-6-4-2/h3-33H2,1-2H3. The molecule has 0 aliphatic carbocycles. The van der Waals surface area contributed by atoms with Crippen molar-refractivity contribution >= 4 is 0 Å². The Morgan fingerprint density at radius 3 is 0.618 bits per heavy atom. The third kappa shape index (κ3) is 32.0. The molecule has 0 radical (unpaired) electrons. The second-order valence-electron chi connectivity index (χ2n) is 11.2. The second-order valence-corrected chi connectivity index (χ2v) is 11.2. The van der Waals surface area contributed by atoms with Crippen molar-refractivity contribution in [1.82, 2.24) is 0 Å². The minimum Gasteiger partial charge on any atom is -0.381 e. The van der Waals surface area contributed by atoms with Gasteiger partial charge in [0.2, 0.25) is 0 Å². The first-order valence-electron chi connectivity index (χ1n) is 16.5. The van der Waals surface area contributed by atoms with E-state index in [1.54, 1.807) is 0 Å². The van der Waals surface area contributed by atoms with Gasteiger partial charge in [0.1, 0.15) is 0 Å². The molecule has 0 saturated heterocycles. The van der Waals surface area contributed by atoms with E-state index in [2.05, 4.69) is 13.8 Å². The molecule has 0 atom stereocenters. The van der Waals surface area contributed by atoms with Crippen LogP contribution in [0, 0.1) is 0 Å². The average molecular weight is 481 g/mol.